The fraction of sp³-hybridized carbons (Fsp3) is 0.632. The van der Waals surface area contributed by atoms with Gasteiger partial charge in [0, 0.05) is 37.6 Å². The van der Waals surface area contributed by atoms with E-state index in [9.17, 15) is 13.2 Å². The van der Waals surface area contributed by atoms with Gasteiger partial charge in [-0.1, -0.05) is 0 Å². The molecule has 3 N–H and O–H groups in total. The molecule has 2 unspecified atom stereocenters. The van der Waals surface area contributed by atoms with Crippen molar-refractivity contribution in [3.8, 4) is 0 Å². The van der Waals surface area contributed by atoms with Crippen LogP contribution in [0, 0.1) is 0 Å². The zero-order chi connectivity index (χ0) is 20.7. The van der Waals surface area contributed by atoms with E-state index in [4.69, 9.17) is 4.74 Å². The van der Waals surface area contributed by atoms with Gasteiger partial charge in [0.1, 0.15) is 0 Å². The number of nitrogens with one attached hydrogen (secondary N) is 3. The molecule has 1 fully saturated rings. The third-order valence-electron chi connectivity index (χ3n) is 4.47. The van der Waals surface area contributed by atoms with Gasteiger partial charge in [0.2, 0.25) is 10.0 Å². The molecule has 0 bridgehead atoms. The van der Waals surface area contributed by atoms with E-state index in [1.807, 2.05) is 24.3 Å². The number of carbonyl (C=O) groups is 1. The molecule has 1 saturated heterocycles. The Morgan fingerprint density at radius 1 is 1.14 bits per heavy atom. The SMILES string of the molecule is CC1CN(c2ccc(NC(=O)NCCCNS(=O)(=O)C(C)C)cc2)CC(C)O1. The Balaban J connectivity index is 1.72. The largest absolute Gasteiger partial charge is 0.372 e. The highest BCUT2D eigenvalue weighted by Crippen LogP contribution is 2.22. The number of anilines is 2. The number of amides is 2. The van der Waals surface area contributed by atoms with E-state index in [-0.39, 0.29) is 18.2 Å². The quantitative estimate of drug-likeness (QED) is 0.568. The van der Waals surface area contributed by atoms with Gasteiger partial charge in [-0.3, -0.25) is 0 Å². The van der Waals surface area contributed by atoms with Gasteiger partial charge in [0.05, 0.1) is 17.5 Å². The molecule has 1 aromatic rings. The van der Waals surface area contributed by atoms with Gasteiger partial charge in [0.15, 0.2) is 0 Å². The fourth-order valence-electron chi connectivity index (χ4n) is 2.99. The number of hydrogen-bond donors (Lipinski definition) is 3. The first-order valence-electron chi connectivity index (χ1n) is 9.71. The molecule has 28 heavy (non-hydrogen) atoms. The Morgan fingerprint density at radius 2 is 1.75 bits per heavy atom. The molecular weight excluding hydrogens is 380 g/mol. The monoisotopic (exact) mass is 412 g/mol. The number of sulfonamides is 1. The van der Waals surface area contributed by atoms with Gasteiger partial charge < -0.3 is 20.3 Å². The third-order valence-corrected chi connectivity index (χ3v) is 6.32. The number of urea groups is 1. The van der Waals surface area contributed by atoms with Crippen LogP contribution >= 0.6 is 0 Å². The molecule has 1 aromatic carbocycles. The number of morpholine rings is 1. The summed E-state index contributed by atoms with van der Waals surface area (Å²) in [7, 11) is -3.26. The maximum Gasteiger partial charge on any atom is 0.319 e. The standard InChI is InChI=1S/C19H32N4O4S/c1-14(2)28(25,26)21-11-5-10-20-19(24)22-17-6-8-18(9-7-17)23-12-15(3)27-16(4)13-23/h6-9,14-16,21H,5,10-13H2,1-4H3,(H2,20,22,24). The molecule has 0 radical (unpaired) electrons. The van der Waals surface area contributed by atoms with Crippen LogP contribution in [0.15, 0.2) is 24.3 Å². The summed E-state index contributed by atoms with van der Waals surface area (Å²) in [5, 5.41) is 5.05. The van der Waals surface area contributed by atoms with Crippen molar-refractivity contribution >= 4 is 27.4 Å². The highest BCUT2D eigenvalue weighted by Gasteiger charge is 2.22. The van der Waals surface area contributed by atoms with Crippen molar-refractivity contribution in [1.29, 1.82) is 0 Å². The minimum absolute atomic E-state index is 0.192. The Hall–Kier alpha value is -1.84. The summed E-state index contributed by atoms with van der Waals surface area (Å²) in [5.41, 5.74) is 1.81. The smallest absolute Gasteiger partial charge is 0.319 e. The van der Waals surface area contributed by atoms with Crippen LogP contribution in [0.1, 0.15) is 34.1 Å². The van der Waals surface area contributed by atoms with Crippen LogP contribution in [0.5, 0.6) is 0 Å². The minimum atomic E-state index is -3.26. The van der Waals surface area contributed by atoms with Gasteiger partial charge >= 0.3 is 6.03 Å². The average Bonchev–Trinajstić information content (AvgIpc) is 2.61. The zero-order valence-corrected chi connectivity index (χ0v) is 17.9. The van der Waals surface area contributed by atoms with E-state index >= 15 is 0 Å². The molecule has 1 aliphatic heterocycles. The van der Waals surface area contributed by atoms with Gasteiger partial charge in [-0.05, 0) is 58.4 Å². The molecule has 0 spiro atoms. The molecule has 1 heterocycles. The lowest BCUT2D eigenvalue weighted by Crippen LogP contribution is -2.45. The second kappa shape index (κ2) is 10.1. The summed E-state index contributed by atoms with van der Waals surface area (Å²) in [6.45, 7) is 9.75. The van der Waals surface area contributed by atoms with Crippen molar-refractivity contribution in [3.05, 3.63) is 24.3 Å². The van der Waals surface area contributed by atoms with E-state index in [1.54, 1.807) is 13.8 Å². The molecule has 2 rings (SSSR count). The van der Waals surface area contributed by atoms with Crippen LogP contribution in [0.3, 0.4) is 0 Å². The van der Waals surface area contributed by atoms with E-state index < -0.39 is 15.3 Å². The zero-order valence-electron chi connectivity index (χ0n) is 17.1. The van der Waals surface area contributed by atoms with Gasteiger partial charge in [-0.15, -0.1) is 0 Å². The molecular formula is C19H32N4O4S. The number of nitrogens with zero attached hydrogens (tertiary/aromatic N) is 1. The van der Waals surface area contributed by atoms with Crippen molar-refractivity contribution in [2.75, 3.05) is 36.4 Å². The average molecular weight is 413 g/mol. The number of ether oxygens (including phenoxy) is 1. The summed E-state index contributed by atoms with van der Waals surface area (Å²) in [5.74, 6) is 0. The predicted octanol–water partition coefficient (Wildman–Crippen LogP) is 2.14. The fourth-order valence-corrected chi connectivity index (χ4v) is 3.75. The molecule has 2 amide bonds. The lowest BCUT2D eigenvalue weighted by Gasteiger charge is -2.36. The van der Waals surface area contributed by atoms with Gasteiger partial charge in [-0.2, -0.15) is 0 Å². The molecule has 158 valence electrons. The van der Waals surface area contributed by atoms with Crippen LogP contribution in [-0.2, 0) is 14.8 Å². The first-order valence-corrected chi connectivity index (χ1v) is 11.3. The highest BCUT2D eigenvalue weighted by atomic mass is 32.2. The van der Waals surface area contributed by atoms with Crippen LogP contribution in [-0.4, -0.2) is 58.1 Å². The topological polar surface area (TPSA) is 99.8 Å². The molecule has 2 atom stereocenters. The van der Waals surface area contributed by atoms with Gasteiger partial charge in [-0.25, -0.2) is 17.9 Å². The summed E-state index contributed by atoms with van der Waals surface area (Å²) < 4.78 is 31.5. The van der Waals surface area contributed by atoms with Crippen molar-refractivity contribution in [2.24, 2.45) is 0 Å². The predicted molar refractivity (Wildman–Crippen MR) is 112 cm³/mol. The lowest BCUT2D eigenvalue weighted by molar-refractivity contribution is -0.00521. The summed E-state index contributed by atoms with van der Waals surface area (Å²) >= 11 is 0. The summed E-state index contributed by atoms with van der Waals surface area (Å²) in [4.78, 5) is 14.2. The second-order valence-corrected chi connectivity index (χ2v) is 9.75. The Bertz CT molecular complexity index is 727. The molecule has 1 aliphatic rings. The van der Waals surface area contributed by atoms with E-state index in [0.717, 1.165) is 18.8 Å². The third kappa shape index (κ3) is 6.96. The first kappa shape index (κ1) is 22.4. The first-order chi connectivity index (χ1) is 13.2. The number of benzene rings is 1. The van der Waals surface area contributed by atoms with Crippen molar-refractivity contribution in [1.82, 2.24) is 10.0 Å². The highest BCUT2D eigenvalue weighted by molar-refractivity contribution is 7.90. The summed E-state index contributed by atoms with van der Waals surface area (Å²) in [6.07, 6.45) is 0.904. The Labute approximate surface area is 168 Å². The minimum Gasteiger partial charge on any atom is -0.372 e. The van der Waals surface area contributed by atoms with E-state index in [2.05, 4.69) is 34.1 Å². The van der Waals surface area contributed by atoms with Crippen LogP contribution in [0.4, 0.5) is 16.2 Å². The van der Waals surface area contributed by atoms with Crippen LogP contribution in [0.2, 0.25) is 0 Å². The van der Waals surface area contributed by atoms with Crippen molar-refractivity contribution in [2.45, 2.75) is 51.6 Å². The molecule has 0 aromatic heterocycles. The molecule has 8 nitrogen and oxygen atoms in total. The van der Waals surface area contributed by atoms with Crippen LogP contribution in [0.25, 0.3) is 0 Å². The van der Waals surface area contributed by atoms with Gasteiger partial charge in [0.25, 0.3) is 0 Å². The number of carbonyl (C=O) groups excluding carboxylic acids is 1. The Kier molecular flexibility index (Phi) is 8.09. The second-order valence-electron chi connectivity index (χ2n) is 7.43. The lowest BCUT2D eigenvalue weighted by atomic mass is 10.2. The number of hydrogen-bond acceptors (Lipinski definition) is 5. The number of rotatable bonds is 8. The maximum atomic E-state index is 12.0. The van der Waals surface area contributed by atoms with Crippen LogP contribution < -0.4 is 20.3 Å². The normalized spacial score (nSPS) is 20.2. The Morgan fingerprint density at radius 3 is 2.32 bits per heavy atom. The van der Waals surface area contributed by atoms with Crippen molar-refractivity contribution < 1.29 is 17.9 Å². The van der Waals surface area contributed by atoms with Crippen molar-refractivity contribution in [3.63, 3.8) is 0 Å². The maximum absolute atomic E-state index is 12.0. The van der Waals surface area contributed by atoms with E-state index in [1.165, 1.54) is 0 Å². The molecule has 0 aliphatic carbocycles. The molecule has 0 saturated carbocycles. The molecule has 9 heteroatoms. The summed E-state index contributed by atoms with van der Waals surface area (Å²) in [6, 6.07) is 7.41. The van der Waals surface area contributed by atoms with E-state index in [0.29, 0.717) is 25.2 Å².